The molecule has 2 N–H and O–H groups in total. The van der Waals surface area contributed by atoms with Crippen LogP contribution in [0.4, 0.5) is 4.39 Å². The van der Waals surface area contributed by atoms with Crippen molar-refractivity contribution in [3.05, 3.63) is 0 Å². The van der Waals surface area contributed by atoms with Gasteiger partial charge in [-0.3, -0.25) is 10.1 Å². The summed E-state index contributed by atoms with van der Waals surface area (Å²) in [5, 5.41) is 7.39. The number of rotatable bonds is 2. The van der Waals surface area contributed by atoms with Gasteiger partial charge in [0.1, 0.15) is 11.7 Å². The molecule has 2 aliphatic carbocycles. The number of nitrogens with zero attached hydrogens (tertiary/aromatic N) is 1. The van der Waals surface area contributed by atoms with E-state index in [4.69, 9.17) is 0 Å². The van der Waals surface area contributed by atoms with Gasteiger partial charge in [-0.2, -0.15) is 0 Å². The summed E-state index contributed by atoms with van der Waals surface area (Å²) in [6.07, 6.45) is 5.18. The summed E-state index contributed by atoms with van der Waals surface area (Å²) in [7, 11) is 2.08. The van der Waals surface area contributed by atoms with Crippen LogP contribution in [0.3, 0.4) is 0 Å². The van der Waals surface area contributed by atoms with E-state index in [2.05, 4.69) is 22.6 Å². The molecular formula is C17H28FN3OS. The highest BCUT2D eigenvalue weighted by molar-refractivity contribution is 8.00. The van der Waals surface area contributed by atoms with Crippen molar-refractivity contribution in [2.24, 2.45) is 17.8 Å². The van der Waals surface area contributed by atoms with Gasteiger partial charge >= 0.3 is 0 Å². The van der Waals surface area contributed by atoms with Gasteiger partial charge in [0.05, 0.1) is 5.92 Å². The monoisotopic (exact) mass is 341 g/mol. The van der Waals surface area contributed by atoms with Crippen molar-refractivity contribution in [3.63, 3.8) is 0 Å². The van der Waals surface area contributed by atoms with E-state index in [1.54, 1.807) is 0 Å². The van der Waals surface area contributed by atoms with E-state index < -0.39 is 6.17 Å². The third kappa shape index (κ3) is 3.27. The Hall–Kier alpha value is -0.330. The molecule has 2 saturated heterocycles. The number of thioether (sulfide) groups is 1. The summed E-state index contributed by atoms with van der Waals surface area (Å²) >= 11 is 1.89. The van der Waals surface area contributed by atoms with E-state index in [1.165, 1.54) is 0 Å². The highest BCUT2D eigenvalue weighted by atomic mass is 32.2. The van der Waals surface area contributed by atoms with Crippen molar-refractivity contribution >= 4 is 17.7 Å². The summed E-state index contributed by atoms with van der Waals surface area (Å²) in [5.74, 6) is 1.53. The number of nitrogens with one attached hydrogen (secondary N) is 2. The fraction of sp³-hybridized carbons (Fsp3) is 0.941. The number of alkyl halides is 1. The highest BCUT2D eigenvalue weighted by Gasteiger charge is 2.47. The normalized spacial score (nSPS) is 47.1. The molecule has 0 aromatic rings. The van der Waals surface area contributed by atoms with Crippen LogP contribution in [-0.2, 0) is 4.79 Å². The molecule has 0 aromatic carbocycles. The third-order valence-electron chi connectivity index (χ3n) is 6.34. The highest BCUT2D eigenvalue weighted by Crippen LogP contribution is 2.48. The molecule has 2 heterocycles. The molecule has 0 aromatic heterocycles. The van der Waals surface area contributed by atoms with Gasteiger partial charge in [-0.15, -0.1) is 11.8 Å². The van der Waals surface area contributed by atoms with Gasteiger partial charge in [-0.1, -0.05) is 0 Å². The lowest BCUT2D eigenvalue weighted by molar-refractivity contribution is -0.124. The zero-order valence-corrected chi connectivity index (χ0v) is 14.7. The molecule has 0 bridgehead atoms. The first-order chi connectivity index (χ1) is 11.1. The first-order valence-electron chi connectivity index (χ1n) is 9.14. The molecule has 0 spiro atoms. The van der Waals surface area contributed by atoms with Crippen molar-refractivity contribution in [1.29, 1.82) is 0 Å². The fourth-order valence-electron chi connectivity index (χ4n) is 5.09. The fourth-order valence-corrected chi connectivity index (χ4v) is 6.80. The largest absolute Gasteiger partial charge is 0.332 e. The van der Waals surface area contributed by atoms with Crippen molar-refractivity contribution in [2.75, 3.05) is 20.1 Å². The molecule has 4 fully saturated rings. The molecule has 4 nitrogen and oxygen atoms in total. The molecule has 130 valence electrons. The second kappa shape index (κ2) is 6.52. The minimum absolute atomic E-state index is 0.0465. The Morgan fingerprint density at radius 1 is 1.26 bits per heavy atom. The van der Waals surface area contributed by atoms with Crippen LogP contribution >= 0.6 is 11.8 Å². The van der Waals surface area contributed by atoms with Gasteiger partial charge in [0.2, 0.25) is 5.91 Å². The molecule has 6 heteroatoms. The van der Waals surface area contributed by atoms with Crippen molar-refractivity contribution < 1.29 is 9.18 Å². The van der Waals surface area contributed by atoms with E-state index in [1.807, 2.05) is 11.8 Å². The topological polar surface area (TPSA) is 44.4 Å². The van der Waals surface area contributed by atoms with E-state index in [0.717, 1.165) is 51.6 Å². The first kappa shape index (κ1) is 16.2. The third-order valence-corrected chi connectivity index (χ3v) is 7.86. The lowest BCUT2D eigenvalue weighted by Crippen LogP contribution is -2.48. The molecule has 2 saturated carbocycles. The number of carbonyl (C=O) groups excluding carboxylic acids is 1. The maximum Gasteiger partial charge on any atom is 0.226 e. The van der Waals surface area contributed by atoms with Crippen LogP contribution in [0.5, 0.6) is 0 Å². The Labute approximate surface area is 142 Å². The van der Waals surface area contributed by atoms with E-state index in [9.17, 15) is 9.18 Å². The maximum atomic E-state index is 13.7. The molecular weight excluding hydrogens is 313 g/mol. The number of carbonyl (C=O) groups is 1. The molecule has 23 heavy (non-hydrogen) atoms. The van der Waals surface area contributed by atoms with Crippen LogP contribution in [0.1, 0.15) is 38.5 Å². The standard InChI is InChI=1S/C17H28FN3OS/c1-21-7-6-11(9-21)16(22)20-17-19-14-5-2-10-8-12(18)3-4-13(10)15(14)23-17/h10-15,17,19H,2-9H2,1H3,(H,20,22). The first-order valence-corrected chi connectivity index (χ1v) is 10.1. The molecule has 4 rings (SSSR count). The summed E-state index contributed by atoms with van der Waals surface area (Å²) in [5.41, 5.74) is 0.0465. The van der Waals surface area contributed by atoms with Gasteiger partial charge in [-0.05, 0) is 64.0 Å². The van der Waals surface area contributed by atoms with Crippen molar-refractivity contribution in [1.82, 2.24) is 15.5 Å². The molecule has 2 aliphatic heterocycles. The Morgan fingerprint density at radius 2 is 2.13 bits per heavy atom. The van der Waals surface area contributed by atoms with Gasteiger partial charge in [0.25, 0.3) is 0 Å². The van der Waals surface area contributed by atoms with E-state index in [-0.39, 0.29) is 17.3 Å². The number of amides is 1. The Morgan fingerprint density at radius 3 is 2.91 bits per heavy atom. The Balaban J connectivity index is 1.34. The zero-order valence-electron chi connectivity index (χ0n) is 13.8. The Kier molecular flexibility index (Phi) is 4.58. The van der Waals surface area contributed by atoms with Gasteiger partial charge < -0.3 is 10.2 Å². The van der Waals surface area contributed by atoms with Crippen LogP contribution in [0.25, 0.3) is 0 Å². The summed E-state index contributed by atoms with van der Waals surface area (Å²) < 4.78 is 13.7. The number of fused-ring (bicyclic) bond motifs is 3. The van der Waals surface area contributed by atoms with E-state index in [0.29, 0.717) is 23.1 Å². The van der Waals surface area contributed by atoms with Crippen molar-refractivity contribution in [3.8, 4) is 0 Å². The minimum atomic E-state index is -0.581. The minimum Gasteiger partial charge on any atom is -0.332 e. The summed E-state index contributed by atoms with van der Waals surface area (Å²) in [6, 6.07) is 0.494. The number of hydrogen-bond donors (Lipinski definition) is 2. The second-order valence-corrected chi connectivity index (χ2v) is 9.21. The van der Waals surface area contributed by atoms with Crippen LogP contribution < -0.4 is 10.6 Å². The van der Waals surface area contributed by atoms with Gasteiger partial charge in [0.15, 0.2) is 0 Å². The second-order valence-electron chi connectivity index (χ2n) is 7.92. The van der Waals surface area contributed by atoms with E-state index >= 15 is 0 Å². The predicted molar refractivity (Wildman–Crippen MR) is 90.8 cm³/mol. The van der Waals surface area contributed by atoms with Crippen LogP contribution in [0, 0.1) is 17.8 Å². The summed E-state index contributed by atoms with van der Waals surface area (Å²) in [6.45, 7) is 1.89. The molecule has 0 radical (unpaired) electrons. The van der Waals surface area contributed by atoms with Gasteiger partial charge in [0, 0.05) is 17.8 Å². The quantitative estimate of drug-likeness (QED) is 0.806. The number of halogens is 1. The predicted octanol–water partition coefficient (Wildman–Crippen LogP) is 1.96. The van der Waals surface area contributed by atoms with Crippen LogP contribution in [-0.4, -0.2) is 53.9 Å². The number of hydrogen-bond acceptors (Lipinski definition) is 4. The average molecular weight is 341 g/mol. The lowest BCUT2D eigenvalue weighted by Gasteiger charge is -2.42. The van der Waals surface area contributed by atoms with Gasteiger partial charge in [-0.25, -0.2) is 4.39 Å². The average Bonchev–Trinajstić information content (AvgIpc) is 3.12. The van der Waals surface area contributed by atoms with Crippen LogP contribution in [0.2, 0.25) is 0 Å². The molecule has 7 unspecified atom stereocenters. The SMILES string of the molecule is CN1CCC(C(=O)NC2NC3CCC4CC(F)CCC4C3S2)C1. The molecule has 7 atom stereocenters. The Bertz CT molecular complexity index is 465. The van der Waals surface area contributed by atoms with Crippen LogP contribution in [0.15, 0.2) is 0 Å². The summed E-state index contributed by atoms with van der Waals surface area (Å²) in [4.78, 5) is 14.7. The molecule has 1 amide bonds. The maximum absolute atomic E-state index is 13.7. The smallest absolute Gasteiger partial charge is 0.226 e. The lowest BCUT2D eigenvalue weighted by atomic mass is 9.68. The number of likely N-dealkylation sites (tertiary alicyclic amines) is 1. The van der Waals surface area contributed by atoms with Crippen molar-refractivity contribution in [2.45, 2.75) is 61.5 Å². The zero-order chi connectivity index (χ0) is 16.0. The molecule has 4 aliphatic rings.